The SMILES string of the molecule is CCC1=Cc2c(-c3cccc(Br)c3)cccc2[CH]1[Zr]([Cl])([Cl])([CH]1C(CC)=Cc2c(-c3cccc(Br)c3)cccc21)[SiH](C)C. The van der Waals surface area contributed by atoms with E-state index in [0.717, 1.165) is 21.8 Å². The van der Waals surface area contributed by atoms with E-state index in [9.17, 15) is 0 Å². The Morgan fingerprint density at radius 1 is 0.643 bits per heavy atom. The number of hydrogen-bond donors (Lipinski definition) is 0. The quantitative estimate of drug-likeness (QED) is 0.163. The van der Waals surface area contributed by atoms with E-state index in [1.807, 2.05) is 0 Å². The standard InChI is InChI=1S/2C17H14Br.C2H7Si.2ClH.Zr/c2*1-2-12-9-13-6-4-8-16(17(13)10-12)14-5-3-7-15(18)11-14;1-3-2;;;/h2*3-11H,2H2,1H3;3H,1-2H3;2*1H;/q;;;;;+2/p-2. The summed E-state index contributed by atoms with van der Waals surface area (Å²) in [4.78, 5) is 0. The van der Waals surface area contributed by atoms with Gasteiger partial charge in [-0.3, -0.25) is 0 Å². The molecule has 6 heteroatoms. The van der Waals surface area contributed by atoms with Crippen molar-refractivity contribution < 1.29 is 15.6 Å². The van der Waals surface area contributed by atoms with Crippen LogP contribution in [0.3, 0.4) is 0 Å². The van der Waals surface area contributed by atoms with Gasteiger partial charge in [-0.2, -0.15) is 0 Å². The fourth-order valence-electron chi connectivity index (χ4n) is 7.49. The third-order valence-electron chi connectivity index (χ3n) is 9.60. The van der Waals surface area contributed by atoms with Crippen molar-refractivity contribution in [3.63, 3.8) is 0 Å². The van der Waals surface area contributed by atoms with Crippen LogP contribution in [-0.4, -0.2) is 5.92 Å². The van der Waals surface area contributed by atoms with Crippen LogP contribution < -0.4 is 0 Å². The number of hydrogen-bond acceptors (Lipinski definition) is 0. The molecule has 4 aromatic rings. The first-order chi connectivity index (χ1) is 20.1. The van der Waals surface area contributed by atoms with Crippen LogP contribution in [-0.2, 0) is 15.6 Å². The maximum absolute atomic E-state index is 8.53. The Morgan fingerprint density at radius 3 is 1.40 bits per heavy atom. The fraction of sp³-hybridized carbons (Fsp3) is 0.222. The second kappa shape index (κ2) is 11.7. The van der Waals surface area contributed by atoms with Crippen molar-refractivity contribution in [2.24, 2.45) is 0 Å². The van der Waals surface area contributed by atoms with E-state index in [1.54, 1.807) is 0 Å². The average Bonchev–Trinajstić information content (AvgIpc) is 3.57. The van der Waals surface area contributed by atoms with Crippen LogP contribution in [0.15, 0.2) is 105 Å². The van der Waals surface area contributed by atoms with Crippen LogP contribution in [0.2, 0.25) is 13.1 Å². The van der Waals surface area contributed by atoms with Crippen molar-refractivity contribution >= 4 is 67.0 Å². The second-order valence-corrected chi connectivity index (χ2v) is 56.4. The summed E-state index contributed by atoms with van der Waals surface area (Å²) < 4.78 is 2.38. The Kier molecular flexibility index (Phi) is 8.66. The van der Waals surface area contributed by atoms with Gasteiger partial charge in [0.2, 0.25) is 0 Å². The van der Waals surface area contributed by atoms with E-state index >= 15 is 0 Å². The van der Waals surface area contributed by atoms with Gasteiger partial charge in [0.1, 0.15) is 0 Å². The summed E-state index contributed by atoms with van der Waals surface area (Å²) >= 11 is 2.62. The summed E-state index contributed by atoms with van der Waals surface area (Å²) in [6.07, 6.45) is 6.78. The third-order valence-corrected chi connectivity index (χ3v) is 62.4. The van der Waals surface area contributed by atoms with E-state index in [0.29, 0.717) is 0 Å². The molecular weight excluding hydrogens is 782 g/mol. The van der Waals surface area contributed by atoms with Gasteiger partial charge in [-0.15, -0.1) is 0 Å². The molecule has 0 saturated heterocycles. The van der Waals surface area contributed by atoms with Gasteiger partial charge in [-0.05, 0) is 0 Å². The molecule has 0 heterocycles. The molecule has 2 aliphatic rings. The van der Waals surface area contributed by atoms with Gasteiger partial charge in [-0.1, -0.05) is 0 Å². The molecule has 0 aliphatic heterocycles. The molecule has 42 heavy (non-hydrogen) atoms. The van der Waals surface area contributed by atoms with Crippen LogP contribution >= 0.6 is 48.9 Å². The molecule has 0 aromatic heterocycles. The minimum atomic E-state index is -4.75. The van der Waals surface area contributed by atoms with E-state index in [4.69, 9.17) is 17.0 Å². The van der Waals surface area contributed by atoms with Crippen molar-refractivity contribution in [1.82, 2.24) is 0 Å². The Bertz CT molecular complexity index is 1650. The Morgan fingerprint density at radius 2 is 1.05 bits per heavy atom. The Hall–Kier alpha value is -1.00. The molecule has 0 saturated carbocycles. The third kappa shape index (κ3) is 4.92. The predicted molar refractivity (Wildman–Crippen MR) is 192 cm³/mol. The number of halogens is 4. The van der Waals surface area contributed by atoms with Crippen LogP contribution in [0.1, 0.15) is 56.2 Å². The van der Waals surface area contributed by atoms with Gasteiger partial charge in [0.05, 0.1) is 0 Å². The first-order valence-corrected chi connectivity index (χ1v) is 32.7. The molecular formula is C36H35Br2Cl2SiZr. The monoisotopic (exact) mass is 813 g/mol. The maximum atomic E-state index is 8.53. The normalized spacial score (nSPS) is 18.7. The summed E-state index contributed by atoms with van der Waals surface area (Å²) in [5, 5.41) is 0. The van der Waals surface area contributed by atoms with E-state index < -0.39 is 21.5 Å². The molecule has 0 fully saturated rings. The van der Waals surface area contributed by atoms with Crippen molar-refractivity contribution in [1.29, 1.82) is 0 Å². The number of fused-ring (bicyclic) bond motifs is 2. The zero-order chi connectivity index (χ0) is 29.8. The topological polar surface area (TPSA) is 0 Å². The number of allylic oxidation sites excluding steroid dienone is 2. The summed E-state index contributed by atoms with van der Waals surface area (Å²) in [5.74, 6) is -1.60. The molecule has 0 radical (unpaired) electrons. The average molecular weight is 818 g/mol. The summed E-state index contributed by atoms with van der Waals surface area (Å²) in [5.41, 5.74) is 13.1. The van der Waals surface area contributed by atoms with Crippen LogP contribution in [0.25, 0.3) is 34.4 Å². The summed E-state index contributed by atoms with van der Waals surface area (Å²) in [7, 11) is 17.1. The molecule has 0 nitrogen and oxygen atoms in total. The first-order valence-electron chi connectivity index (χ1n) is 14.8. The molecule has 2 unspecified atom stereocenters. The molecule has 2 atom stereocenters. The van der Waals surface area contributed by atoms with Gasteiger partial charge in [0.25, 0.3) is 0 Å². The first kappa shape index (κ1) is 31.0. The van der Waals surface area contributed by atoms with E-state index in [-0.39, 0.29) is 7.25 Å². The van der Waals surface area contributed by atoms with Crippen LogP contribution in [0.4, 0.5) is 0 Å². The molecule has 6 rings (SSSR count). The number of rotatable bonds is 7. The van der Waals surface area contributed by atoms with Gasteiger partial charge >= 0.3 is 279 Å². The molecule has 215 valence electrons. The zero-order valence-corrected chi connectivity index (χ0v) is 32.7. The van der Waals surface area contributed by atoms with Gasteiger partial charge in [0.15, 0.2) is 0 Å². The molecule has 0 N–H and O–H groups in total. The summed E-state index contributed by atoms with van der Waals surface area (Å²) in [6, 6.07) is 30.8. The van der Waals surface area contributed by atoms with Crippen molar-refractivity contribution in [3.05, 3.63) is 127 Å². The van der Waals surface area contributed by atoms with E-state index in [2.05, 4.69) is 156 Å². The fourth-order valence-corrected chi connectivity index (χ4v) is 40.1. The van der Waals surface area contributed by atoms with E-state index in [1.165, 1.54) is 55.7 Å². The Balaban J connectivity index is 1.59. The predicted octanol–water partition coefficient (Wildman–Crippen LogP) is 12.9. The van der Waals surface area contributed by atoms with Crippen molar-refractivity contribution in [3.8, 4) is 22.3 Å². The van der Waals surface area contributed by atoms with Crippen molar-refractivity contribution in [2.45, 2.75) is 47.0 Å². The molecule has 2 aliphatic carbocycles. The van der Waals surface area contributed by atoms with Crippen LogP contribution in [0, 0.1) is 0 Å². The Labute approximate surface area is 276 Å². The molecule has 4 aromatic carbocycles. The van der Waals surface area contributed by atoms with Crippen LogP contribution in [0.5, 0.6) is 0 Å². The van der Waals surface area contributed by atoms with Gasteiger partial charge < -0.3 is 0 Å². The van der Waals surface area contributed by atoms with Gasteiger partial charge in [-0.25, -0.2) is 0 Å². The van der Waals surface area contributed by atoms with Gasteiger partial charge in [0, 0.05) is 0 Å². The zero-order valence-electron chi connectivity index (χ0n) is 24.4. The molecule has 0 bridgehead atoms. The van der Waals surface area contributed by atoms with Crippen molar-refractivity contribution in [2.75, 3.05) is 0 Å². The molecule has 0 spiro atoms. The summed E-state index contributed by atoms with van der Waals surface area (Å²) in [6.45, 7) is 9.41. The number of benzene rings is 4. The minimum absolute atomic E-state index is 0.106. The second-order valence-electron chi connectivity index (χ2n) is 12.0. The molecule has 0 amide bonds.